The molecular weight excluding hydrogens is 327 g/mol. The average molecular weight is 343 g/mol. The predicted octanol–water partition coefficient (Wildman–Crippen LogP) is 4.36. The number of nitrogens with zero attached hydrogens (tertiary/aromatic N) is 1. The van der Waals surface area contributed by atoms with Crippen molar-refractivity contribution in [3.05, 3.63) is 34.4 Å². The van der Waals surface area contributed by atoms with E-state index in [9.17, 15) is 9.18 Å². The van der Waals surface area contributed by atoms with Gasteiger partial charge in [-0.25, -0.2) is 9.37 Å². The Hall–Kier alpha value is -1.50. The summed E-state index contributed by atoms with van der Waals surface area (Å²) in [5, 5.41) is 5.03. The minimum Gasteiger partial charge on any atom is -0.378 e. The van der Waals surface area contributed by atoms with Crippen molar-refractivity contribution in [1.29, 1.82) is 0 Å². The number of carbonyl (C=O) groups excluding carboxylic acids is 1. The van der Waals surface area contributed by atoms with E-state index in [0.29, 0.717) is 23.0 Å². The van der Waals surface area contributed by atoms with E-state index in [-0.39, 0.29) is 23.5 Å². The number of benzene rings is 1. The van der Waals surface area contributed by atoms with E-state index in [1.807, 2.05) is 13.8 Å². The largest absolute Gasteiger partial charge is 0.378 e. The van der Waals surface area contributed by atoms with Gasteiger partial charge in [0.15, 0.2) is 5.13 Å². The van der Waals surface area contributed by atoms with Crippen molar-refractivity contribution in [2.75, 3.05) is 11.9 Å². The number of nitrogens with one attached hydrogen (secondary N) is 1. The van der Waals surface area contributed by atoms with E-state index >= 15 is 0 Å². The van der Waals surface area contributed by atoms with Gasteiger partial charge in [0.2, 0.25) is 5.91 Å². The standard InChI is InChI=1S/C15H16ClFN2O2S/c1-9(2)21-6-5-14(20)19-15-18-13(8-22-15)10-3-4-12(17)11(16)7-10/h3-4,7-9H,5-6H2,1-2H3,(H,18,19,20). The number of thiazole rings is 1. The second-order valence-electron chi connectivity index (χ2n) is 4.88. The summed E-state index contributed by atoms with van der Waals surface area (Å²) in [5.41, 5.74) is 1.34. The molecule has 0 saturated carbocycles. The van der Waals surface area contributed by atoms with E-state index < -0.39 is 5.82 Å². The first-order chi connectivity index (χ1) is 10.5. The molecule has 1 N–H and O–H groups in total. The first kappa shape index (κ1) is 16.9. The summed E-state index contributed by atoms with van der Waals surface area (Å²) in [6.45, 7) is 4.20. The number of amides is 1. The van der Waals surface area contributed by atoms with Gasteiger partial charge in [0.1, 0.15) is 5.82 Å². The molecule has 0 spiro atoms. The van der Waals surface area contributed by atoms with E-state index in [2.05, 4.69) is 10.3 Å². The molecule has 0 atom stereocenters. The highest BCUT2D eigenvalue weighted by Crippen LogP contribution is 2.28. The van der Waals surface area contributed by atoms with E-state index in [1.54, 1.807) is 11.4 Å². The van der Waals surface area contributed by atoms with Crippen molar-refractivity contribution in [1.82, 2.24) is 4.98 Å². The van der Waals surface area contributed by atoms with E-state index in [4.69, 9.17) is 16.3 Å². The number of hydrogen-bond donors (Lipinski definition) is 1. The predicted molar refractivity (Wildman–Crippen MR) is 86.9 cm³/mol. The minimum absolute atomic E-state index is 0.0434. The Morgan fingerprint density at radius 2 is 2.27 bits per heavy atom. The number of rotatable bonds is 6. The van der Waals surface area contributed by atoms with Gasteiger partial charge in [0.25, 0.3) is 0 Å². The molecule has 118 valence electrons. The summed E-state index contributed by atoms with van der Waals surface area (Å²) in [7, 11) is 0. The number of halogens is 2. The number of ether oxygens (including phenoxy) is 1. The van der Waals surface area contributed by atoms with Crippen LogP contribution in [0.15, 0.2) is 23.6 Å². The number of carbonyl (C=O) groups is 1. The zero-order chi connectivity index (χ0) is 16.1. The summed E-state index contributed by atoms with van der Waals surface area (Å²) in [5.74, 6) is -0.627. The molecule has 0 bridgehead atoms. The van der Waals surface area contributed by atoms with Crippen molar-refractivity contribution < 1.29 is 13.9 Å². The monoisotopic (exact) mass is 342 g/mol. The van der Waals surface area contributed by atoms with Crippen molar-refractivity contribution >= 4 is 34.0 Å². The lowest BCUT2D eigenvalue weighted by Gasteiger charge is -2.06. The van der Waals surface area contributed by atoms with Crippen molar-refractivity contribution in [2.45, 2.75) is 26.4 Å². The molecule has 1 aromatic carbocycles. The molecule has 0 radical (unpaired) electrons. The van der Waals surface area contributed by atoms with Gasteiger partial charge in [-0.3, -0.25) is 4.79 Å². The second kappa shape index (κ2) is 7.67. The molecule has 1 aromatic heterocycles. The summed E-state index contributed by atoms with van der Waals surface area (Å²) in [6, 6.07) is 4.39. The SMILES string of the molecule is CC(C)OCCC(=O)Nc1nc(-c2ccc(F)c(Cl)c2)cs1. The Labute approximate surface area is 137 Å². The first-order valence-electron chi connectivity index (χ1n) is 6.78. The Morgan fingerprint density at radius 3 is 2.95 bits per heavy atom. The van der Waals surface area contributed by atoms with Crippen molar-refractivity contribution in [3.63, 3.8) is 0 Å². The molecule has 1 amide bonds. The molecule has 1 heterocycles. The molecule has 2 rings (SSSR count). The van der Waals surface area contributed by atoms with Gasteiger partial charge in [-0.05, 0) is 32.0 Å². The van der Waals surface area contributed by atoms with E-state index in [1.165, 1.54) is 23.5 Å². The summed E-state index contributed by atoms with van der Waals surface area (Å²) in [6.07, 6.45) is 0.373. The van der Waals surface area contributed by atoms with Gasteiger partial charge in [0.05, 0.1) is 29.8 Å². The van der Waals surface area contributed by atoms with Gasteiger partial charge in [0, 0.05) is 10.9 Å². The lowest BCUT2D eigenvalue weighted by Crippen LogP contribution is -2.15. The molecule has 7 heteroatoms. The minimum atomic E-state index is -0.473. The molecule has 2 aromatic rings. The van der Waals surface area contributed by atoms with Crippen molar-refractivity contribution in [3.8, 4) is 11.3 Å². The Balaban J connectivity index is 1.96. The molecule has 0 fully saturated rings. The number of anilines is 1. The molecule has 0 aliphatic rings. The zero-order valence-electron chi connectivity index (χ0n) is 12.2. The van der Waals surface area contributed by atoms with Gasteiger partial charge >= 0.3 is 0 Å². The summed E-state index contributed by atoms with van der Waals surface area (Å²) >= 11 is 7.06. The Bertz CT molecular complexity index is 661. The van der Waals surface area contributed by atoms with Crippen LogP contribution in [0.4, 0.5) is 9.52 Å². The van der Waals surface area contributed by atoms with Crippen LogP contribution < -0.4 is 5.32 Å². The smallest absolute Gasteiger partial charge is 0.228 e. The third kappa shape index (κ3) is 4.76. The maximum Gasteiger partial charge on any atom is 0.228 e. The fourth-order valence-corrected chi connectivity index (χ4v) is 2.60. The normalized spacial score (nSPS) is 11.0. The van der Waals surface area contributed by atoms with Crippen LogP contribution in [0.25, 0.3) is 11.3 Å². The van der Waals surface area contributed by atoms with Crippen LogP contribution in [0.2, 0.25) is 5.02 Å². The highest BCUT2D eigenvalue weighted by Gasteiger charge is 2.10. The fraction of sp³-hybridized carbons (Fsp3) is 0.333. The number of aromatic nitrogens is 1. The summed E-state index contributed by atoms with van der Waals surface area (Å²) < 4.78 is 18.5. The number of hydrogen-bond acceptors (Lipinski definition) is 4. The molecule has 0 saturated heterocycles. The maximum atomic E-state index is 13.1. The molecule has 4 nitrogen and oxygen atoms in total. The summed E-state index contributed by atoms with van der Waals surface area (Å²) in [4.78, 5) is 16.0. The molecule has 0 aliphatic carbocycles. The quantitative estimate of drug-likeness (QED) is 0.848. The zero-order valence-corrected chi connectivity index (χ0v) is 13.8. The van der Waals surface area contributed by atoms with Crippen LogP contribution in [0.3, 0.4) is 0 Å². The molecular formula is C15H16ClFN2O2S. The average Bonchev–Trinajstić information content (AvgIpc) is 2.90. The van der Waals surface area contributed by atoms with Gasteiger partial charge < -0.3 is 10.1 Å². The van der Waals surface area contributed by atoms with Gasteiger partial charge in [-0.2, -0.15) is 0 Å². The topological polar surface area (TPSA) is 51.2 Å². The lowest BCUT2D eigenvalue weighted by molar-refractivity contribution is -0.117. The Morgan fingerprint density at radius 1 is 1.50 bits per heavy atom. The third-order valence-electron chi connectivity index (χ3n) is 2.75. The van der Waals surface area contributed by atoms with Crippen LogP contribution >= 0.6 is 22.9 Å². The Kier molecular flexibility index (Phi) is 5.88. The highest BCUT2D eigenvalue weighted by atomic mass is 35.5. The first-order valence-corrected chi connectivity index (χ1v) is 8.04. The van der Waals surface area contributed by atoms with Gasteiger partial charge in [-0.15, -0.1) is 11.3 Å². The highest BCUT2D eigenvalue weighted by molar-refractivity contribution is 7.14. The molecule has 0 aliphatic heterocycles. The van der Waals surface area contributed by atoms with Crippen LogP contribution in [-0.4, -0.2) is 23.6 Å². The molecule has 22 heavy (non-hydrogen) atoms. The van der Waals surface area contributed by atoms with Crippen LogP contribution in [0.5, 0.6) is 0 Å². The van der Waals surface area contributed by atoms with Crippen molar-refractivity contribution in [2.24, 2.45) is 0 Å². The van der Waals surface area contributed by atoms with Crippen LogP contribution in [0, 0.1) is 5.82 Å². The second-order valence-corrected chi connectivity index (χ2v) is 6.15. The van der Waals surface area contributed by atoms with Crippen LogP contribution in [0.1, 0.15) is 20.3 Å². The fourth-order valence-electron chi connectivity index (χ4n) is 1.69. The lowest BCUT2D eigenvalue weighted by atomic mass is 10.2. The maximum absolute atomic E-state index is 13.1. The van der Waals surface area contributed by atoms with E-state index in [0.717, 1.165) is 0 Å². The molecule has 0 unspecified atom stereocenters. The van der Waals surface area contributed by atoms with Gasteiger partial charge in [-0.1, -0.05) is 11.6 Å². The third-order valence-corrected chi connectivity index (χ3v) is 3.79. The van der Waals surface area contributed by atoms with Crippen LogP contribution in [-0.2, 0) is 9.53 Å².